The molecule has 62 valence electrons. The van der Waals surface area contributed by atoms with Crippen molar-refractivity contribution in [3.8, 4) is 12.3 Å². The molecule has 0 saturated carbocycles. The Bertz CT molecular complexity index is 279. The normalized spacial score (nSPS) is 12.1. The fourth-order valence-corrected chi connectivity index (χ4v) is 1.06. The van der Waals surface area contributed by atoms with Crippen LogP contribution in [-0.2, 0) is 6.42 Å². The number of terminal acetylenes is 1. The number of hydrogen-bond acceptors (Lipinski definition) is 1. The summed E-state index contributed by atoms with van der Waals surface area (Å²) in [6.45, 7) is 2.12. The van der Waals surface area contributed by atoms with Gasteiger partial charge >= 0.3 is 0 Å². The van der Waals surface area contributed by atoms with E-state index in [1.807, 2.05) is 12.1 Å². The van der Waals surface area contributed by atoms with Crippen molar-refractivity contribution < 1.29 is 0 Å². The molecule has 0 aliphatic heterocycles. The lowest BCUT2D eigenvalue weighted by Crippen LogP contribution is -2.06. The van der Waals surface area contributed by atoms with Crippen molar-refractivity contribution in [3.63, 3.8) is 0 Å². The number of rotatable bonds is 2. The standard InChI is InChI=1S/C11H13N/c1-3-9-5-7-10(8-6-9)11(12)4-2/h2,5-8,11H,3,12H2,1H3. The van der Waals surface area contributed by atoms with E-state index in [-0.39, 0.29) is 6.04 Å². The van der Waals surface area contributed by atoms with Crippen LogP contribution in [0.25, 0.3) is 0 Å². The monoisotopic (exact) mass is 159 g/mol. The van der Waals surface area contributed by atoms with Crippen molar-refractivity contribution in [1.82, 2.24) is 0 Å². The molecule has 0 fully saturated rings. The third kappa shape index (κ3) is 1.87. The van der Waals surface area contributed by atoms with Crippen LogP contribution in [0.3, 0.4) is 0 Å². The molecule has 1 aromatic carbocycles. The van der Waals surface area contributed by atoms with E-state index in [1.54, 1.807) is 0 Å². The smallest absolute Gasteiger partial charge is 0.0918 e. The molecule has 0 aliphatic carbocycles. The highest BCUT2D eigenvalue weighted by atomic mass is 14.6. The molecule has 0 saturated heterocycles. The fourth-order valence-electron chi connectivity index (χ4n) is 1.06. The van der Waals surface area contributed by atoms with Gasteiger partial charge in [0.25, 0.3) is 0 Å². The van der Waals surface area contributed by atoms with Crippen molar-refractivity contribution in [2.45, 2.75) is 19.4 Å². The van der Waals surface area contributed by atoms with Crippen LogP contribution < -0.4 is 5.73 Å². The Morgan fingerprint density at radius 3 is 2.42 bits per heavy atom. The van der Waals surface area contributed by atoms with Crippen LogP contribution in [0.5, 0.6) is 0 Å². The molecule has 0 aromatic heterocycles. The molecule has 1 nitrogen and oxygen atoms in total. The van der Waals surface area contributed by atoms with Gasteiger partial charge in [0.2, 0.25) is 0 Å². The summed E-state index contributed by atoms with van der Waals surface area (Å²) in [5.74, 6) is 2.50. The lowest BCUT2D eigenvalue weighted by Gasteiger charge is -2.04. The highest BCUT2D eigenvalue weighted by molar-refractivity contribution is 5.28. The van der Waals surface area contributed by atoms with Crippen molar-refractivity contribution >= 4 is 0 Å². The molecule has 0 amide bonds. The van der Waals surface area contributed by atoms with Gasteiger partial charge in [0.1, 0.15) is 0 Å². The van der Waals surface area contributed by atoms with Gasteiger partial charge in [-0.15, -0.1) is 6.42 Å². The zero-order chi connectivity index (χ0) is 8.97. The summed E-state index contributed by atoms with van der Waals surface area (Å²) in [7, 11) is 0. The highest BCUT2D eigenvalue weighted by Gasteiger charge is 1.99. The molecule has 1 heteroatoms. The van der Waals surface area contributed by atoms with Gasteiger partial charge in [-0.1, -0.05) is 37.1 Å². The van der Waals surface area contributed by atoms with E-state index >= 15 is 0 Å². The molecule has 0 spiro atoms. The maximum absolute atomic E-state index is 5.65. The van der Waals surface area contributed by atoms with Gasteiger partial charge in [-0.05, 0) is 17.5 Å². The van der Waals surface area contributed by atoms with Gasteiger partial charge in [0.05, 0.1) is 6.04 Å². The maximum Gasteiger partial charge on any atom is 0.0918 e. The number of benzene rings is 1. The highest BCUT2D eigenvalue weighted by Crippen LogP contribution is 2.10. The molecule has 0 aliphatic rings. The second-order valence-electron chi connectivity index (χ2n) is 2.74. The van der Waals surface area contributed by atoms with E-state index < -0.39 is 0 Å². The summed E-state index contributed by atoms with van der Waals surface area (Å²) in [6.07, 6.45) is 6.25. The predicted octanol–water partition coefficient (Wildman–Crippen LogP) is 1.88. The molecule has 1 rings (SSSR count). The van der Waals surface area contributed by atoms with Crippen molar-refractivity contribution in [2.24, 2.45) is 5.73 Å². The molecule has 2 N–H and O–H groups in total. The molecule has 0 radical (unpaired) electrons. The number of nitrogens with two attached hydrogens (primary N) is 1. The minimum Gasteiger partial charge on any atom is -0.314 e. The molecule has 1 atom stereocenters. The van der Waals surface area contributed by atoms with Crippen LogP contribution in [0.1, 0.15) is 24.1 Å². The van der Waals surface area contributed by atoms with E-state index in [9.17, 15) is 0 Å². The fraction of sp³-hybridized carbons (Fsp3) is 0.273. The minimum atomic E-state index is -0.268. The molecular formula is C11H13N. The van der Waals surface area contributed by atoms with Crippen molar-refractivity contribution in [1.29, 1.82) is 0 Å². The number of aryl methyl sites for hydroxylation is 1. The second kappa shape index (κ2) is 3.94. The molecule has 1 aromatic rings. The lowest BCUT2D eigenvalue weighted by atomic mass is 10.1. The first-order valence-corrected chi connectivity index (χ1v) is 4.08. The first-order valence-electron chi connectivity index (χ1n) is 4.08. The Morgan fingerprint density at radius 1 is 1.42 bits per heavy atom. The first kappa shape index (κ1) is 8.83. The van der Waals surface area contributed by atoms with Gasteiger partial charge in [0.15, 0.2) is 0 Å². The molecular weight excluding hydrogens is 146 g/mol. The van der Waals surface area contributed by atoms with Gasteiger partial charge in [0, 0.05) is 0 Å². The summed E-state index contributed by atoms with van der Waals surface area (Å²) in [5.41, 5.74) is 7.97. The Balaban J connectivity index is 2.86. The Hall–Kier alpha value is -1.26. The van der Waals surface area contributed by atoms with Crippen molar-refractivity contribution in [2.75, 3.05) is 0 Å². The third-order valence-electron chi connectivity index (χ3n) is 1.93. The van der Waals surface area contributed by atoms with Gasteiger partial charge in [-0.3, -0.25) is 0 Å². The van der Waals surface area contributed by atoms with Crippen LogP contribution in [0, 0.1) is 12.3 Å². The quantitative estimate of drug-likeness (QED) is 0.655. The summed E-state index contributed by atoms with van der Waals surface area (Å²) >= 11 is 0. The van der Waals surface area contributed by atoms with Crippen LogP contribution >= 0.6 is 0 Å². The molecule has 1 unspecified atom stereocenters. The number of hydrogen-bond donors (Lipinski definition) is 1. The third-order valence-corrected chi connectivity index (χ3v) is 1.93. The van der Waals surface area contributed by atoms with Crippen LogP contribution in [0.15, 0.2) is 24.3 Å². The summed E-state index contributed by atoms with van der Waals surface area (Å²) in [6, 6.07) is 7.84. The van der Waals surface area contributed by atoms with E-state index in [0.29, 0.717) is 0 Å². The zero-order valence-corrected chi connectivity index (χ0v) is 7.25. The van der Waals surface area contributed by atoms with Crippen LogP contribution in [-0.4, -0.2) is 0 Å². The summed E-state index contributed by atoms with van der Waals surface area (Å²) in [4.78, 5) is 0. The minimum absolute atomic E-state index is 0.268. The molecule has 0 bridgehead atoms. The topological polar surface area (TPSA) is 26.0 Å². The van der Waals surface area contributed by atoms with Gasteiger partial charge in [-0.25, -0.2) is 0 Å². The summed E-state index contributed by atoms with van der Waals surface area (Å²) in [5, 5.41) is 0. The van der Waals surface area contributed by atoms with E-state index in [0.717, 1.165) is 12.0 Å². The average molecular weight is 159 g/mol. The summed E-state index contributed by atoms with van der Waals surface area (Å²) < 4.78 is 0. The van der Waals surface area contributed by atoms with Crippen molar-refractivity contribution in [3.05, 3.63) is 35.4 Å². The van der Waals surface area contributed by atoms with E-state index in [4.69, 9.17) is 12.2 Å². The average Bonchev–Trinajstić information content (AvgIpc) is 2.17. The first-order chi connectivity index (χ1) is 5.77. The molecule has 0 heterocycles. The van der Waals surface area contributed by atoms with E-state index in [1.165, 1.54) is 5.56 Å². The zero-order valence-electron chi connectivity index (χ0n) is 7.25. The Kier molecular flexibility index (Phi) is 2.90. The van der Waals surface area contributed by atoms with Gasteiger partial charge < -0.3 is 5.73 Å². The van der Waals surface area contributed by atoms with E-state index in [2.05, 4.69) is 25.0 Å². The maximum atomic E-state index is 5.65. The predicted molar refractivity (Wildman–Crippen MR) is 51.6 cm³/mol. The SMILES string of the molecule is C#CC(N)c1ccc(CC)cc1. The molecule has 12 heavy (non-hydrogen) atoms. The van der Waals surface area contributed by atoms with Crippen LogP contribution in [0.2, 0.25) is 0 Å². The largest absolute Gasteiger partial charge is 0.314 e. The Morgan fingerprint density at radius 2 is 2.00 bits per heavy atom. The lowest BCUT2D eigenvalue weighted by molar-refractivity contribution is 0.943. The Labute approximate surface area is 73.6 Å². The van der Waals surface area contributed by atoms with Gasteiger partial charge in [-0.2, -0.15) is 0 Å². The second-order valence-corrected chi connectivity index (χ2v) is 2.74. The van der Waals surface area contributed by atoms with Crippen LogP contribution in [0.4, 0.5) is 0 Å².